The molecule has 0 saturated carbocycles. The third-order valence-corrected chi connectivity index (χ3v) is 3.76. The maximum Gasteiger partial charge on any atom is 0.413 e. The van der Waals surface area contributed by atoms with E-state index in [9.17, 15) is 14.4 Å². The number of nitrogens with zero attached hydrogens (tertiary/aromatic N) is 2. The van der Waals surface area contributed by atoms with Gasteiger partial charge in [0.25, 0.3) is 5.91 Å². The zero-order chi connectivity index (χ0) is 19.5. The Hall–Kier alpha value is -2.88. The number of amides is 2. The van der Waals surface area contributed by atoms with Crippen molar-refractivity contribution in [3.05, 3.63) is 29.0 Å². The molecule has 0 unspecified atom stereocenters. The molecule has 0 aromatic carbocycles. The van der Waals surface area contributed by atoms with Gasteiger partial charge in [-0.2, -0.15) is 0 Å². The smallest absolute Gasteiger partial charge is 0.413 e. The van der Waals surface area contributed by atoms with Crippen molar-refractivity contribution in [2.45, 2.75) is 26.4 Å². The summed E-state index contributed by atoms with van der Waals surface area (Å²) >= 11 is 1.10. The van der Waals surface area contributed by atoms with Crippen molar-refractivity contribution >= 4 is 40.1 Å². The molecule has 0 aliphatic carbocycles. The second-order valence-corrected chi connectivity index (χ2v) is 7.19. The average molecular weight is 380 g/mol. The molecule has 0 atom stereocenters. The van der Waals surface area contributed by atoms with Crippen LogP contribution in [0.4, 0.5) is 15.6 Å². The highest BCUT2D eigenvalue weighted by Gasteiger charge is 2.19. The molecule has 0 aliphatic rings. The summed E-state index contributed by atoms with van der Waals surface area (Å²) in [6, 6.07) is 1.50. The van der Waals surface area contributed by atoms with Gasteiger partial charge in [-0.1, -0.05) is 0 Å². The van der Waals surface area contributed by atoms with Crippen LogP contribution in [-0.4, -0.2) is 40.2 Å². The number of anilines is 2. The monoisotopic (exact) mass is 380 g/mol. The van der Waals surface area contributed by atoms with Gasteiger partial charge < -0.3 is 19.4 Å². The number of hydrogen-bond acceptors (Lipinski definition) is 7. The molecular weight excluding hydrogens is 360 g/mol. The van der Waals surface area contributed by atoms with Crippen molar-refractivity contribution in [3.63, 3.8) is 0 Å². The highest BCUT2D eigenvalue weighted by molar-refractivity contribution is 7.14. The Labute approximate surface area is 154 Å². The summed E-state index contributed by atoms with van der Waals surface area (Å²) in [5, 5.41) is 6.86. The molecule has 0 saturated heterocycles. The number of hydrogen-bond donors (Lipinski definition) is 2. The summed E-state index contributed by atoms with van der Waals surface area (Å²) in [7, 11) is 2.94. The summed E-state index contributed by atoms with van der Waals surface area (Å²) in [5.74, 6) is -0.981. The first-order valence-electron chi connectivity index (χ1n) is 7.60. The number of carbonyl (C=O) groups excluding carboxylic acids is 3. The van der Waals surface area contributed by atoms with Crippen LogP contribution in [0.15, 0.2) is 17.6 Å². The van der Waals surface area contributed by atoms with E-state index in [1.54, 1.807) is 34.0 Å². The molecule has 2 aromatic heterocycles. The van der Waals surface area contributed by atoms with Gasteiger partial charge >= 0.3 is 12.1 Å². The summed E-state index contributed by atoms with van der Waals surface area (Å²) in [4.78, 5) is 39.6. The number of aryl methyl sites for hydroxylation is 1. The van der Waals surface area contributed by atoms with E-state index in [2.05, 4.69) is 20.4 Å². The first-order valence-corrected chi connectivity index (χ1v) is 8.48. The molecule has 9 nitrogen and oxygen atoms in total. The molecule has 10 heteroatoms. The number of rotatable bonds is 4. The fraction of sp³-hybridized carbons (Fsp3) is 0.375. The van der Waals surface area contributed by atoms with Gasteiger partial charge in [0.2, 0.25) is 0 Å². The quantitative estimate of drug-likeness (QED) is 0.789. The molecule has 0 radical (unpaired) electrons. The van der Waals surface area contributed by atoms with Gasteiger partial charge in [-0.25, -0.2) is 14.6 Å². The van der Waals surface area contributed by atoms with Crippen LogP contribution in [0, 0.1) is 0 Å². The normalized spacial score (nSPS) is 11.0. The Morgan fingerprint density at radius 2 is 1.92 bits per heavy atom. The number of nitrogens with one attached hydrogen (secondary N) is 2. The molecule has 2 rings (SSSR count). The van der Waals surface area contributed by atoms with Gasteiger partial charge in [0.05, 0.1) is 12.8 Å². The number of thiazole rings is 1. The van der Waals surface area contributed by atoms with Gasteiger partial charge in [-0.05, 0) is 26.8 Å². The van der Waals surface area contributed by atoms with Crippen molar-refractivity contribution in [1.29, 1.82) is 0 Å². The first-order chi connectivity index (χ1) is 12.1. The summed E-state index contributed by atoms with van der Waals surface area (Å²) in [5.41, 5.74) is 0.220. The number of carbonyl (C=O) groups is 3. The number of aromatic nitrogens is 2. The van der Waals surface area contributed by atoms with Gasteiger partial charge in [-0.15, -0.1) is 11.3 Å². The SMILES string of the molecule is COC(=O)c1cc(NC(=O)c2csc(NC(=O)OC(C)(C)C)n2)cn1C. The molecule has 0 bridgehead atoms. The average Bonchev–Trinajstić information content (AvgIpc) is 3.11. The molecule has 26 heavy (non-hydrogen) atoms. The molecule has 140 valence electrons. The number of methoxy groups -OCH3 is 1. The topological polar surface area (TPSA) is 112 Å². The number of ether oxygens (including phenoxy) is 2. The molecule has 0 aliphatic heterocycles. The zero-order valence-corrected chi connectivity index (χ0v) is 15.9. The van der Waals surface area contributed by atoms with Crippen LogP contribution in [0.25, 0.3) is 0 Å². The molecule has 0 fully saturated rings. The second-order valence-electron chi connectivity index (χ2n) is 6.34. The minimum absolute atomic E-state index is 0.129. The molecule has 2 amide bonds. The lowest BCUT2D eigenvalue weighted by Gasteiger charge is -2.18. The van der Waals surface area contributed by atoms with Crippen molar-refractivity contribution in [3.8, 4) is 0 Å². The van der Waals surface area contributed by atoms with E-state index in [-0.39, 0.29) is 10.8 Å². The second kappa shape index (κ2) is 7.56. The van der Waals surface area contributed by atoms with Gasteiger partial charge in [0.1, 0.15) is 17.0 Å². The summed E-state index contributed by atoms with van der Waals surface area (Å²) in [6.45, 7) is 5.24. The van der Waals surface area contributed by atoms with Crippen molar-refractivity contribution in [1.82, 2.24) is 9.55 Å². The Morgan fingerprint density at radius 3 is 2.54 bits per heavy atom. The van der Waals surface area contributed by atoms with Crippen LogP contribution < -0.4 is 10.6 Å². The zero-order valence-electron chi connectivity index (χ0n) is 15.1. The molecule has 2 aromatic rings. The van der Waals surface area contributed by atoms with Crippen molar-refractivity contribution in [2.75, 3.05) is 17.7 Å². The van der Waals surface area contributed by atoms with E-state index in [4.69, 9.17) is 4.74 Å². The highest BCUT2D eigenvalue weighted by Crippen LogP contribution is 2.19. The van der Waals surface area contributed by atoms with Gasteiger partial charge in [-0.3, -0.25) is 10.1 Å². The molecular formula is C16H20N4O5S. The molecule has 0 spiro atoms. The highest BCUT2D eigenvalue weighted by atomic mass is 32.1. The van der Waals surface area contributed by atoms with Crippen LogP contribution in [0.5, 0.6) is 0 Å². The summed E-state index contributed by atoms with van der Waals surface area (Å²) < 4.78 is 11.3. The van der Waals surface area contributed by atoms with Crippen LogP contribution >= 0.6 is 11.3 Å². The third kappa shape index (κ3) is 5.06. The fourth-order valence-corrected chi connectivity index (χ4v) is 2.64. The van der Waals surface area contributed by atoms with Gasteiger partial charge in [0.15, 0.2) is 5.13 Å². The predicted molar refractivity (Wildman–Crippen MR) is 96.7 cm³/mol. The molecule has 2 N–H and O–H groups in total. The van der Waals surface area contributed by atoms with Crippen molar-refractivity contribution < 1.29 is 23.9 Å². The van der Waals surface area contributed by atoms with E-state index in [1.165, 1.54) is 23.1 Å². The fourth-order valence-electron chi connectivity index (χ4n) is 1.96. The number of esters is 1. The minimum Gasteiger partial charge on any atom is -0.464 e. The van der Waals surface area contributed by atoms with E-state index in [0.717, 1.165) is 11.3 Å². The molecule has 2 heterocycles. The Morgan fingerprint density at radius 1 is 1.23 bits per heavy atom. The lowest BCUT2D eigenvalue weighted by molar-refractivity contribution is 0.0587. The predicted octanol–water partition coefficient (Wildman–Crippen LogP) is 2.87. The van der Waals surface area contributed by atoms with Crippen LogP contribution in [0.3, 0.4) is 0 Å². The van der Waals surface area contributed by atoms with E-state index in [0.29, 0.717) is 11.4 Å². The van der Waals surface area contributed by atoms with Crippen LogP contribution in [0.1, 0.15) is 41.7 Å². The maximum absolute atomic E-state index is 12.3. The van der Waals surface area contributed by atoms with Crippen molar-refractivity contribution in [2.24, 2.45) is 7.05 Å². The standard InChI is InChI=1S/C16H20N4O5S/c1-16(2,3)25-15(23)19-14-18-10(8-26-14)12(21)17-9-6-11(13(22)24-5)20(4)7-9/h6-8H,1-5H3,(H,17,21)(H,18,19,23). The maximum atomic E-state index is 12.3. The lowest BCUT2D eigenvalue weighted by Crippen LogP contribution is -2.27. The Balaban J connectivity index is 2.02. The van der Waals surface area contributed by atoms with Crippen LogP contribution in [0.2, 0.25) is 0 Å². The van der Waals surface area contributed by atoms with E-state index in [1.807, 2.05) is 0 Å². The van der Waals surface area contributed by atoms with E-state index >= 15 is 0 Å². The van der Waals surface area contributed by atoms with Gasteiger partial charge in [0, 0.05) is 18.6 Å². The van der Waals surface area contributed by atoms with E-state index < -0.39 is 23.6 Å². The minimum atomic E-state index is -0.649. The third-order valence-electron chi connectivity index (χ3n) is 3.00. The Bertz CT molecular complexity index is 834. The Kier molecular flexibility index (Phi) is 5.66. The van der Waals surface area contributed by atoms with Crippen LogP contribution in [-0.2, 0) is 16.5 Å². The first kappa shape index (κ1) is 19.4. The summed E-state index contributed by atoms with van der Waals surface area (Å²) in [6.07, 6.45) is 0.931. The largest absolute Gasteiger partial charge is 0.464 e. The lowest BCUT2D eigenvalue weighted by atomic mass is 10.2.